The Balaban J connectivity index is 1.47. The highest BCUT2D eigenvalue weighted by Crippen LogP contribution is 2.34. The van der Waals surface area contributed by atoms with Crippen molar-refractivity contribution in [2.75, 3.05) is 7.11 Å². The van der Waals surface area contributed by atoms with Gasteiger partial charge < -0.3 is 14.4 Å². The third-order valence-electron chi connectivity index (χ3n) is 5.67. The minimum Gasteiger partial charge on any atom is -0.496 e. The molecular weight excluding hydrogens is 531 g/mol. The summed E-state index contributed by atoms with van der Waals surface area (Å²) in [5, 5.41) is 19.4. The van der Waals surface area contributed by atoms with Gasteiger partial charge in [0.05, 0.1) is 12.7 Å². The van der Waals surface area contributed by atoms with E-state index < -0.39 is 5.97 Å². The van der Waals surface area contributed by atoms with E-state index in [-0.39, 0.29) is 10.1 Å². The molecule has 0 fully saturated rings. The van der Waals surface area contributed by atoms with Gasteiger partial charge in [-0.15, -0.1) is 5.10 Å². The average Bonchev–Trinajstić information content (AvgIpc) is 3.50. The molecule has 0 saturated carbocycles. The third kappa shape index (κ3) is 5.51. The number of ether oxygens (including phenoxy) is 1. The molecule has 2 N–H and O–H groups in total. The van der Waals surface area contributed by atoms with Crippen LogP contribution in [-0.2, 0) is 11.3 Å². The number of methoxy groups -OCH3 is 1. The molecule has 0 saturated heterocycles. The van der Waals surface area contributed by atoms with E-state index in [9.17, 15) is 9.90 Å². The van der Waals surface area contributed by atoms with Gasteiger partial charge in [0.25, 0.3) is 0 Å². The first-order valence-corrected chi connectivity index (χ1v) is 12.7. The average molecular weight is 551 g/mol. The number of benzene rings is 3. The predicted molar refractivity (Wildman–Crippen MR) is 147 cm³/mol. The van der Waals surface area contributed by atoms with E-state index in [2.05, 4.69) is 19.7 Å². The predicted octanol–water partition coefficient (Wildman–Crippen LogP) is 7.01. The van der Waals surface area contributed by atoms with Crippen LogP contribution in [0.5, 0.6) is 5.75 Å². The molecule has 10 heteroatoms. The monoisotopic (exact) mass is 550 g/mol. The van der Waals surface area contributed by atoms with Gasteiger partial charge in [-0.05, 0) is 59.8 Å². The maximum absolute atomic E-state index is 12.2. The summed E-state index contributed by atoms with van der Waals surface area (Å²) in [7, 11) is 1.55. The Morgan fingerprint density at radius 2 is 1.86 bits per heavy atom. The zero-order chi connectivity index (χ0) is 25.9. The first-order chi connectivity index (χ1) is 17.9. The van der Waals surface area contributed by atoms with Crippen molar-refractivity contribution < 1.29 is 14.6 Å². The lowest BCUT2D eigenvalue weighted by Gasteiger charge is -2.05. The number of H-pyrrole nitrogens is 1. The third-order valence-corrected chi connectivity index (χ3v) is 7.03. The Hall–Kier alpha value is -3.72. The van der Waals surface area contributed by atoms with Crippen LogP contribution in [0, 0.1) is 0 Å². The van der Waals surface area contributed by atoms with Crippen LogP contribution in [-0.4, -0.2) is 37.9 Å². The molecule has 0 aliphatic rings. The molecule has 2 aromatic heterocycles. The Bertz CT molecular complexity index is 1630. The van der Waals surface area contributed by atoms with Gasteiger partial charge in [-0.25, -0.2) is 9.78 Å². The van der Waals surface area contributed by atoms with Gasteiger partial charge in [0, 0.05) is 39.3 Å². The summed E-state index contributed by atoms with van der Waals surface area (Å²) in [6, 6.07) is 20.7. The van der Waals surface area contributed by atoms with Crippen LogP contribution < -0.4 is 4.74 Å². The molecule has 0 aliphatic heterocycles. The van der Waals surface area contributed by atoms with Gasteiger partial charge in [-0.3, -0.25) is 5.10 Å². The summed E-state index contributed by atoms with van der Waals surface area (Å²) >= 11 is 13.1. The van der Waals surface area contributed by atoms with E-state index in [0.29, 0.717) is 33.7 Å². The molecule has 3 aromatic carbocycles. The summed E-state index contributed by atoms with van der Waals surface area (Å²) in [5.74, 6) is -0.0861. The number of hydrogen-bond acceptors (Lipinski definition) is 5. The van der Waals surface area contributed by atoms with Crippen molar-refractivity contribution in [3.05, 3.63) is 99.0 Å². The number of nitrogens with one attached hydrogen (secondary N) is 1. The van der Waals surface area contributed by atoms with Crippen molar-refractivity contribution in [1.29, 1.82) is 0 Å². The molecule has 7 nitrogen and oxygen atoms in total. The van der Waals surface area contributed by atoms with Crippen LogP contribution in [0.3, 0.4) is 0 Å². The molecule has 0 radical (unpaired) electrons. The summed E-state index contributed by atoms with van der Waals surface area (Å²) in [6.07, 6.45) is 3.59. The van der Waals surface area contributed by atoms with E-state index >= 15 is 0 Å². The van der Waals surface area contributed by atoms with Crippen LogP contribution >= 0.6 is 35.0 Å². The fourth-order valence-electron chi connectivity index (χ4n) is 3.96. The Morgan fingerprint density at radius 3 is 2.62 bits per heavy atom. The maximum Gasteiger partial charge on any atom is 0.342 e. The fourth-order valence-corrected chi connectivity index (χ4v) is 4.96. The minimum atomic E-state index is -1.08. The zero-order valence-corrected chi connectivity index (χ0v) is 21.8. The molecule has 186 valence electrons. The van der Waals surface area contributed by atoms with E-state index in [1.807, 2.05) is 54.7 Å². The van der Waals surface area contributed by atoms with Gasteiger partial charge in [-0.1, -0.05) is 53.5 Å². The van der Waals surface area contributed by atoms with Crippen molar-refractivity contribution in [2.45, 2.75) is 11.7 Å². The second kappa shape index (κ2) is 10.7. The number of carboxylic acid groups (broad SMARTS) is 1. The van der Waals surface area contributed by atoms with Crippen LogP contribution in [0.1, 0.15) is 11.1 Å². The van der Waals surface area contributed by atoms with Gasteiger partial charge >= 0.3 is 5.97 Å². The molecule has 37 heavy (non-hydrogen) atoms. The van der Waals surface area contributed by atoms with Gasteiger partial charge in [0.2, 0.25) is 5.16 Å². The SMILES string of the molecule is COc1ccc(Cl)cc1-c1nc(S/C(=C\c2cn(Cc3ccc(Cl)cc3)c3ccccc23)C(=O)O)n[nH]1. The lowest BCUT2D eigenvalue weighted by Crippen LogP contribution is -1.98. The zero-order valence-electron chi connectivity index (χ0n) is 19.5. The number of halogens is 2. The lowest BCUT2D eigenvalue weighted by molar-refractivity contribution is -0.131. The van der Waals surface area contributed by atoms with E-state index in [1.54, 1.807) is 31.4 Å². The summed E-state index contributed by atoms with van der Waals surface area (Å²) in [5.41, 5.74) is 3.48. The number of rotatable bonds is 8. The number of carbonyl (C=O) groups is 1. The van der Waals surface area contributed by atoms with Crippen LogP contribution in [0.15, 0.2) is 83.0 Å². The molecule has 0 spiro atoms. The van der Waals surface area contributed by atoms with Gasteiger partial charge in [0.15, 0.2) is 5.82 Å². The quantitative estimate of drug-likeness (QED) is 0.159. The number of aromatic nitrogens is 4. The topological polar surface area (TPSA) is 93.0 Å². The van der Waals surface area contributed by atoms with Crippen molar-refractivity contribution in [3.8, 4) is 17.1 Å². The fraction of sp³-hybridized carbons (Fsp3) is 0.0741. The van der Waals surface area contributed by atoms with Crippen molar-refractivity contribution in [3.63, 3.8) is 0 Å². The standard InChI is InChI=1S/C27H20Cl2N4O3S/c1-36-23-11-10-19(29)13-21(23)25-30-27(32-31-25)37-24(26(34)35)12-17-15-33(22-5-3-2-4-20(17)22)14-16-6-8-18(28)9-7-16/h2-13,15H,14H2,1H3,(H,34,35)(H,30,31,32)/b24-12-. The van der Waals surface area contributed by atoms with Gasteiger partial charge in [-0.2, -0.15) is 0 Å². The van der Waals surface area contributed by atoms with E-state index in [4.69, 9.17) is 27.9 Å². The molecule has 0 atom stereocenters. The number of hydrogen-bond donors (Lipinski definition) is 2. The summed E-state index contributed by atoms with van der Waals surface area (Å²) < 4.78 is 7.47. The van der Waals surface area contributed by atoms with Crippen LogP contribution in [0.4, 0.5) is 0 Å². The molecule has 0 amide bonds. The second-order valence-corrected chi connectivity index (χ2v) is 9.96. The van der Waals surface area contributed by atoms with Crippen molar-refractivity contribution in [2.24, 2.45) is 0 Å². The lowest BCUT2D eigenvalue weighted by atomic mass is 10.1. The molecule has 0 unspecified atom stereocenters. The molecule has 0 aliphatic carbocycles. The first kappa shape index (κ1) is 25.0. The highest BCUT2D eigenvalue weighted by molar-refractivity contribution is 8.04. The molecule has 5 rings (SSSR count). The number of fused-ring (bicyclic) bond motifs is 1. The molecule has 0 bridgehead atoms. The number of carboxylic acids is 1. The van der Waals surface area contributed by atoms with E-state index in [1.165, 1.54) is 0 Å². The summed E-state index contributed by atoms with van der Waals surface area (Å²) in [4.78, 5) is 16.7. The highest BCUT2D eigenvalue weighted by atomic mass is 35.5. The normalized spacial score (nSPS) is 11.7. The minimum absolute atomic E-state index is 0.0815. The largest absolute Gasteiger partial charge is 0.496 e. The number of nitrogens with zero attached hydrogens (tertiary/aromatic N) is 3. The Morgan fingerprint density at radius 1 is 1.11 bits per heavy atom. The number of aliphatic carboxylic acids is 1. The van der Waals surface area contributed by atoms with Crippen molar-refractivity contribution >= 4 is 57.9 Å². The van der Waals surface area contributed by atoms with Gasteiger partial charge in [0.1, 0.15) is 10.7 Å². The highest BCUT2D eigenvalue weighted by Gasteiger charge is 2.18. The molecule has 2 heterocycles. The summed E-state index contributed by atoms with van der Waals surface area (Å²) in [6.45, 7) is 0.618. The van der Waals surface area contributed by atoms with E-state index in [0.717, 1.165) is 33.8 Å². The number of thioether (sulfide) groups is 1. The van der Waals surface area contributed by atoms with Crippen LogP contribution in [0.2, 0.25) is 10.0 Å². The first-order valence-electron chi connectivity index (χ1n) is 11.1. The molecular formula is C27H20Cl2N4O3S. The Kier molecular flexibility index (Phi) is 7.23. The van der Waals surface area contributed by atoms with Crippen molar-refractivity contribution in [1.82, 2.24) is 19.7 Å². The molecule has 5 aromatic rings. The number of aromatic amines is 1. The smallest absolute Gasteiger partial charge is 0.342 e. The van der Waals surface area contributed by atoms with Crippen LogP contribution in [0.25, 0.3) is 28.4 Å². The maximum atomic E-state index is 12.2. The number of para-hydroxylation sites is 1. The second-order valence-electron chi connectivity index (χ2n) is 8.08. The Labute approximate surface area is 226 Å².